The highest BCUT2D eigenvalue weighted by molar-refractivity contribution is 5.41. The van der Waals surface area contributed by atoms with Gasteiger partial charge in [0.1, 0.15) is 6.61 Å². The second kappa shape index (κ2) is 3.02. The summed E-state index contributed by atoms with van der Waals surface area (Å²) < 4.78 is 6.77. The van der Waals surface area contributed by atoms with Crippen LogP contribution in [0.1, 0.15) is 5.82 Å². The van der Waals surface area contributed by atoms with Crippen LogP contribution < -0.4 is 4.74 Å². The van der Waals surface area contributed by atoms with Crippen molar-refractivity contribution < 1.29 is 9.84 Å². The number of methoxy groups -OCH3 is 1. The topological polar surface area (TPSA) is 59.7 Å². The van der Waals surface area contributed by atoms with Crippen LogP contribution in [-0.4, -0.2) is 26.8 Å². The molecular weight excluding hydrogens is 170 g/mol. The number of rotatable bonds is 2. The fraction of sp³-hybridized carbons (Fsp3) is 0.250. The highest BCUT2D eigenvalue weighted by Crippen LogP contribution is 2.14. The zero-order valence-corrected chi connectivity index (χ0v) is 7.14. The summed E-state index contributed by atoms with van der Waals surface area (Å²) in [5.74, 6) is 1.10. The predicted octanol–water partition coefficient (Wildman–Crippen LogP) is 0.230. The predicted molar refractivity (Wildman–Crippen MR) is 45.5 cm³/mol. The summed E-state index contributed by atoms with van der Waals surface area (Å²) in [7, 11) is 1.57. The zero-order chi connectivity index (χ0) is 9.26. The van der Waals surface area contributed by atoms with Crippen molar-refractivity contribution in [1.82, 2.24) is 14.6 Å². The largest absolute Gasteiger partial charge is 0.482 e. The minimum atomic E-state index is -0.151. The van der Waals surface area contributed by atoms with E-state index in [4.69, 9.17) is 9.84 Å². The van der Waals surface area contributed by atoms with E-state index in [9.17, 15) is 0 Å². The minimum absolute atomic E-state index is 0.151. The first-order chi connectivity index (χ1) is 6.36. The molecule has 0 aliphatic rings. The molecule has 2 aromatic heterocycles. The Morgan fingerprint density at radius 2 is 2.31 bits per heavy atom. The molecule has 2 aromatic rings. The molecule has 0 aromatic carbocycles. The van der Waals surface area contributed by atoms with Crippen LogP contribution in [0.2, 0.25) is 0 Å². The molecule has 0 spiro atoms. The molecule has 2 rings (SSSR count). The number of nitrogens with zero attached hydrogens (tertiary/aromatic N) is 3. The maximum absolute atomic E-state index is 8.97. The Balaban J connectivity index is 2.76. The maximum Gasteiger partial charge on any atom is 0.200 e. The van der Waals surface area contributed by atoms with Gasteiger partial charge in [0.15, 0.2) is 11.5 Å². The third kappa shape index (κ3) is 1.13. The van der Waals surface area contributed by atoms with Crippen molar-refractivity contribution in [2.24, 2.45) is 0 Å². The van der Waals surface area contributed by atoms with E-state index in [2.05, 4.69) is 10.2 Å². The van der Waals surface area contributed by atoms with Crippen LogP contribution in [0.3, 0.4) is 0 Å². The average Bonchev–Trinajstić information content (AvgIpc) is 2.60. The number of pyridine rings is 1. The molecule has 0 aliphatic heterocycles. The Morgan fingerprint density at radius 3 is 3.00 bits per heavy atom. The smallest absolute Gasteiger partial charge is 0.200 e. The molecule has 0 radical (unpaired) electrons. The van der Waals surface area contributed by atoms with E-state index in [0.29, 0.717) is 17.4 Å². The van der Waals surface area contributed by atoms with Gasteiger partial charge in [-0.3, -0.25) is 0 Å². The fourth-order valence-corrected chi connectivity index (χ4v) is 1.23. The molecule has 0 unspecified atom stereocenters. The lowest BCUT2D eigenvalue weighted by Crippen LogP contribution is -1.98. The second-order valence-electron chi connectivity index (χ2n) is 2.54. The van der Waals surface area contributed by atoms with Crippen molar-refractivity contribution in [3.05, 3.63) is 24.0 Å². The van der Waals surface area contributed by atoms with Gasteiger partial charge in [0.05, 0.1) is 7.11 Å². The Hall–Kier alpha value is -1.62. The molecule has 2 heterocycles. The van der Waals surface area contributed by atoms with Crippen LogP contribution in [-0.2, 0) is 6.61 Å². The van der Waals surface area contributed by atoms with E-state index in [1.807, 2.05) is 6.07 Å². The summed E-state index contributed by atoms with van der Waals surface area (Å²) in [5, 5.41) is 16.6. The maximum atomic E-state index is 8.97. The number of hydrogen-bond acceptors (Lipinski definition) is 4. The van der Waals surface area contributed by atoms with Gasteiger partial charge in [-0.1, -0.05) is 6.07 Å². The molecule has 0 fully saturated rings. The van der Waals surface area contributed by atoms with Crippen molar-refractivity contribution in [1.29, 1.82) is 0 Å². The number of ether oxygens (including phenoxy) is 1. The van der Waals surface area contributed by atoms with E-state index in [1.54, 1.807) is 23.6 Å². The second-order valence-corrected chi connectivity index (χ2v) is 2.54. The molecule has 0 aliphatic carbocycles. The van der Waals surface area contributed by atoms with E-state index >= 15 is 0 Å². The van der Waals surface area contributed by atoms with Gasteiger partial charge in [-0.05, 0) is 12.1 Å². The van der Waals surface area contributed by atoms with Gasteiger partial charge in [0.25, 0.3) is 0 Å². The third-order valence-electron chi connectivity index (χ3n) is 1.81. The lowest BCUT2D eigenvalue weighted by molar-refractivity contribution is 0.267. The fourth-order valence-electron chi connectivity index (χ4n) is 1.23. The van der Waals surface area contributed by atoms with Crippen LogP contribution in [0.5, 0.6) is 5.88 Å². The Bertz CT molecular complexity index is 424. The van der Waals surface area contributed by atoms with Gasteiger partial charge in [-0.25, -0.2) is 4.40 Å². The van der Waals surface area contributed by atoms with Crippen LogP contribution in [0.15, 0.2) is 18.2 Å². The standard InChI is InChI=1S/C8H9N3O2/c1-13-8-4-2-3-6-9-10-7(5-12)11(6)8/h2-4,12H,5H2,1H3. The van der Waals surface area contributed by atoms with Crippen molar-refractivity contribution >= 4 is 5.65 Å². The molecule has 0 saturated heterocycles. The van der Waals surface area contributed by atoms with Crippen molar-refractivity contribution in [2.45, 2.75) is 6.61 Å². The van der Waals surface area contributed by atoms with E-state index < -0.39 is 0 Å². The molecule has 0 saturated carbocycles. The summed E-state index contributed by atoms with van der Waals surface area (Å²) in [4.78, 5) is 0. The number of hydrogen-bond donors (Lipinski definition) is 1. The summed E-state index contributed by atoms with van der Waals surface area (Å²) in [6, 6.07) is 5.41. The lowest BCUT2D eigenvalue weighted by atomic mass is 10.4. The number of aliphatic hydroxyl groups is 1. The van der Waals surface area contributed by atoms with Crippen molar-refractivity contribution in [3.8, 4) is 5.88 Å². The average molecular weight is 179 g/mol. The highest BCUT2D eigenvalue weighted by atomic mass is 16.5. The number of aliphatic hydroxyl groups excluding tert-OH is 1. The Kier molecular flexibility index (Phi) is 1.86. The molecule has 5 nitrogen and oxygen atoms in total. The van der Waals surface area contributed by atoms with Crippen LogP contribution in [0.4, 0.5) is 0 Å². The normalized spacial score (nSPS) is 10.6. The van der Waals surface area contributed by atoms with Gasteiger partial charge in [-0.15, -0.1) is 10.2 Å². The van der Waals surface area contributed by atoms with Gasteiger partial charge >= 0.3 is 0 Å². The molecule has 0 bridgehead atoms. The van der Waals surface area contributed by atoms with E-state index in [1.165, 1.54) is 0 Å². The SMILES string of the molecule is COc1cccc2nnc(CO)n12. The first-order valence-electron chi connectivity index (χ1n) is 3.84. The van der Waals surface area contributed by atoms with Crippen LogP contribution in [0, 0.1) is 0 Å². The van der Waals surface area contributed by atoms with Gasteiger partial charge in [0, 0.05) is 0 Å². The molecule has 1 N–H and O–H groups in total. The molecule has 0 atom stereocenters. The summed E-state index contributed by atoms with van der Waals surface area (Å²) in [6.07, 6.45) is 0. The summed E-state index contributed by atoms with van der Waals surface area (Å²) >= 11 is 0. The first kappa shape index (κ1) is 8.00. The molecule has 5 heteroatoms. The molecule has 68 valence electrons. The third-order valence-corrected chi connectivity index (χ3v) is 1.81. The zero-order valence-electron chi connectivity index (χ0n) is 7.14. The molecule has 13 heavy (non-hydrogen) atoms. The van der Waals surface area contributed by atoms with Gasteiger partial charge < -0.3 is 9.84 Å². The van der Waals surface area contributed by atoms with E-state index in [0.717, 1.165) is 0 Å². The monoisotopic (exact) mass is 179 g/mol. The van der Waals surface area contributed by atoms with E-state index in [-0.39, 0.29) is 6.61 Å². The Labute approximate surface area is 74.6 Å². The Morgan fingerprint density at radius 1 is 1.46 bits per heavy atom. The molecular formula is C8H9N3O2. The number of aromatic nitrogens is 3. The minimum Gasteiger partial charge on any atom is -0.482 e. The lowest BCUT2D eigenvalue weighted by Gasteiger charge is -2.03. The summed E-state index contributed by atoms with van der Waals surface area (Å²) in [5.41, 5.74) is 0.670. The van der Waals surface area contributed by atoms with Gasteiger partial charge in [0.2, 0.25) is 5.88 Å². The van der Waals surface area contributed by atoms with Crippen molar-refractivity contribution in [2.75, 3.05) is 7.11 Å². The van der Waals surface area contributed by atoms with Crippen molar-refractivity contribution in [3.63, 3.8) is 0 Å². The number of fused-ring (bicyclic) bond motifs is 1. The quantitative estimate of drug-likeness (QED) is 0.716. The highest BCUT2D eigenvalue weighted by Gasteiger charge is 2.07. The molecule has 0 amide bonds. The summed E-state index contributed by atoms with van der Waals surface area (Å²) in [6.45, 7) is -0.151. The van der Waals surface area contributed by atoms with Crippen LogP contribution in [0.25, 0.3) is 5.65 Å². The first-order valence-corrected chi connectivity index (χ1v) is 3.84. The van der Waals surface area contributed by atoms with Crippen LogP contribution >= 0.6 is 0 Å². The van der Waals surface area contributed by atoms with Gasteiger partial charge in [-0.2, -0.15) is 0 Å².